The Morgan fingerprint density at radius 3 is 2.81 bits per heavy atom. The highest BCUT2D eigenvalue weighted by Gasteiger charge is 2.13. The number of rotatable bonds is 5. The van der Waals surface area contributed by atoms with Crippen molar-refractivity contribution in [3.63, 3.8) is 0 Å². The van der Waals surface area contributed by atoms with Crippen LogP contribution in [-0.4, -0.2) is 22.4 Å². The fourth-order valence-corrected chi connectivity index (χ4v) is 1.97. The van der Waals surface area contributed by atoms with Crippen LogP contribution in [0.5, 0.6) is 0 Å². The van der Waals surface area contributed by atoms with Crippen molar-refractivity contribution in [3.05, 3.63) is 69.5 Å². The zero-order chi connectivity index (χ0) is 15.2. The largest absolute Gasteiger partial charge is 0.352 e. The van der Waals surface area contributed by atoms with E-state index in [1.807, 2.05) is 12.1 Å². The Labute approximate surface area is 122 Å². The number of nitrogens with one attached hydrogen (secondary N) is 1. The molecule has 0 aliphatic rings. The molecule has 6 heteroatoms. The van der Waals surface area contributed by atoms with Gasteiger partial charge in [-0.3, -0.25) is 19.9 Å². The first kappa shape index (κ1) is 14.6. The van der Waals surface area contributed by atoms with Crippen molar-refractivity contribution in [3.8, 4) is 0 Å². The molecule has 2 aromatic rings. The van der Waals surface area contributed by atoms with Gasteiger partial charge in [-0.15, -0.1) is 0 Å². The average molecular weight is 285 g/mol. The number of hydrogen-bond acceptors (Lipinski definition) is 4. The Morgan fingerprint density at radius 1 is 1.38 bits per heavy atom. The van der Waals surface area contributed by atoms with E-state index in [1.165, 1.54) is 18.2 Å². The fraction of sp³-hybridized carbons (Fsp3) is 0.200. The molecule has 0 aliphatic heterocycles. The molecule has 0 bridgehead atoms. The van der Waals surface area contributed by atoms with Crippen LogP contribution in [0.25, 0.3) is 0 Å². The maximum Gasteiger partial charge on any atom is 0.272 e. The first-order valence-corrected chi connectivity index (χ1v) is 6.50. The summed E-state index contributed by atoms with van der Waals surface area (Å²) < 4.78 is 0. The first-order chi connectivity index (χ1) is 10.1. The number of amides is 1. The van der Waals surface area contributed by atoms with Gasteiger partial charge in [-0.25, -0.2) is 0 Å². The van der Waals surface area contributed by atoms with Crippen LogP contribution in [0.4, 0.5) is 5.69 Å². The van der Waals surface area contributed by atoms with Crippen LogP contribution < -0.4 is 5.32 Å². The Hall–Kier alpha value is -2.76. The zero-order valence-electron chi connectivity index (χ0n) is 11.6. The van der Waals surface area contributed by atoms with Crippen molar-refractivity contribution in [1.29, 1.82) is 0 Å². The number of carbonyl (C=O) groups excluding carboxylic acids is 1. The van der Waals surface area contributed by atoms with Gasteiger partial charge in [0.25, 0.3) is 11.6 Å². The zero-order valence-corrected chi connectivity index (χ0v) is 11.6. The molecule has 1 N–H and O–H groups in total. The molecule has 0 spiro atoms. The molecule has 0 radical (unpaired) electrons. The van der Waals surface area contributed by atoms with E-state index >= 15 is 0 Å². The lowest BCUT2D eigenvalue weighted by Gasteiger charge is -2.06. The maximum atomic E-state index is 12.0. The van der Waals surface area contributed by atoms with Gasteiger partial charge < -0.3 is 5.32 Å². The summed E-state index contributed by atoms with van der Waals surface area (Å²) >= 11 is 0. The first-order valence-electron chi connectivity index (χ1n) is 6.50. The van der Waals surface area contributed by atoms with Gasteiger partial charge in [-0.1, -0.05) is 6.07 Å². The minimum Gasteiger partial charge on any atom is -0.352 e. The standard InChI is InChI=1S/C15H15N3O3/c1-11-9-13(4-5-14(11)18(20)21)15(19)17-8-6-12-3-2-7-16-10-12/h2-5,7,9-10H,6,8H2,1H3,(H,17,19). The molecule has 1 aromatic heterocycles. The second kappa shape index (κ2) is 6.60. The molecule has 6 nitrogen and oxygen atoms in total. The number of aromatic nitrogens is 1. The molecular formula is C15H15N3O3. The predicted molar refractivity (Wildman–Crippen MR) is 78.1 cm³/mol. The molecule has 0 unspecified atom stereocenters. The number of hydrogen-bond donors (Lipinski definition) is 1. The number of nitro benzene ring substituents is 1. The Balaban J connectivity index is 1.94. The van der Waals surface area contributed by atoms with Crippen LogP contribution in [0.15, 0.2) is 42.7 Å². The number of carbonyl (C=O) groups is 1. The quantitative estimate of drug-likeness (QED) is 0.674. The minimum absolute atomic E-state index is 0.0157. The monoisotopic (exact) mass is 285 g/mol. The Kier molecular flexibility index (Phi) is 4.61. The topological polar surface area (TPSA) is 85.1 Å². The van der Waals surface area contributed by atoms with Gasteiger partial charge in [0, 0.05) is 36.1 Å². The van der Waals surface area contributed by atoms with Crippen LogP contribution in [-0.2, 0) is 6.42 Å². The average Bonchev–Trinajstić information content (AvgIpc) is 2.47. The normalized spacial score (nSPS) is 10.1. The summed E-state index contributed by atoms with van der Waals surface area (Å²) in [5.74, 6) is -0.239. The Bertz CT molecular complexity index is 656. The van der Waals surface area contributed by atoms with Crippen molar-refractivity contribution < 1.29 is 9.72 Å². The summed E-state index contributed by atoms with van der Waals surface area (Å²) in [6, 6.07) is 8.12. The summed E-state index contributed by atoms with van der Waals surface area (Å²) in [7, 11) is 0. The molecule has 21 heavy (non-hydrogen) atoms. The van der Waals surface area contributed by atoms with Gasteiger partial charge >= 0.3 is 0 Å². The van der Waals surface area contributed by atoms with E-state index in [0.717, 1.165) is 5.56 Å². The van der Waals surface area contributed by atoms with E-state index in [0.29, 0.717) is 24.1 Å². The number of pyridine rings is 1. The van der Waals surface area contributed by atoms with Crippen molar-refractivity contribution in [1.82, 2.24) is 10.3 Å². The maximum absolute atomic E-state index is 12.0. The number of benzene rings is 1. The lowest BCUT2D eigenvalue weighted by atomic mass is 10.1. The van der Waals surface area contributed by atoms with Gasteiger partial charge in [0.1, 0.15) is 0 Å². The third-order valence-electron chi connectivity index (χ3n) is 3.08. The molecule has 1 heterocycles. The van der Waals surface area contributed by atoms with Crippen molar-refractivity contribution >= 4 is 11.6 Å². The predicted octanol–water partition coefficient (Wildman–Crippen LogP) is 2.27. The van der Waals surface area contributed by atoms with E-state index in [-0.39, 0.29) is 11.6 Å². The molecule has 1 aromatic carbocycles. The van der Waals surface area contributed by atoms with Gasteiger partial charge in [0.15, 0.2) is 0 Å². The highest BCUT2D eigenvalue weighted by Crippen LogP contribution is 2.18. The minimum atomic E-state index is -0.459. The van der Waals surface area contributed by atoms with Crippen LogP contribution in [0.1, 0.15) is 21.5 Å². The van der Waals surface area contributed by atoms with Crippen LogP contribution in [0, 0.1) is 17.0 Å². The smallest absolute Gasteiger partial charge is 0.272 e. The third-order valence-corrected chi connectivity index (χ3v) is 3.08. The molecule has 108 valence electrons. The molecule has 2 rings (SSSR count). The lowest BCUT2D eigenvalue weighted by molar-refractivity contribution is -0.385. The van der Waals surface area contributed by atoms with Crippen molar-refractivity contribution in [2.75, 3.05) is 6.54 Å². The summed E-state index contributed by atoms with van der Waals surface area (Å²) in [5, 5.41) is 13.5. The third kappa shape index (κ3) is 3.85. The number of nitro groups is 1. The summed E-state index contributed by atoms with van der Waals surface area (Å²) in [6.45, 7) is 2.10. The summed E-state index contributed by atoms with van der Waals surface area (Å²) in [5.41, 5.74) is 1.95. The number of nitrogens with zero attached hydrogens (tertiary/aromatic N) is 2. The van der Waals surface area contributed by atoms with E-state index in [4.69, 9.17) is 0 Å². The SMILES string of the molecule is Cc1cc(C(=O)NCCc2cccnc2)ccc1[N+](=O)[O-]. The van der Waals surface area contributed by atoms with Crippen molar-refractivity contribution in [2.45, 2.75) is 13.3 Å². The van der Waals surface area contributed by atoms with E-state index in [9.17, 15) is 14.9 Å². The number of aryl methyl sites for hydroxylation is 1. The van der Waals surface area contributed by atoms with Gasteiger partial charge in [0.2, 0.25) is 0 Å². The highest BCUT2D eigenvalue weighted by atomic mass is 16.6. The van der Waals surface area contributed by atoms with Crippen LogP contribution in [0.3, 0.4) is 0 Å². The second-order valence-electron chi connectivity index (χ2n) is 4.63. The summed E-state index contributed by atoms with van der Waals surface area (Å²) in [4.78, 5) is 26.2. The lowest BCUT2D eigenvalue weighted by Crippen LogP contribution is -2.25. The molecule has 1 amide bonds. The van der Waals surface area contributed by atoms with Gasteiger partial charge in [-0.05, 0) is 37.1 Å². The Morgan fingerprint density at radius 2 is 2.19 bits per heavy atom. The van der Waals surface area contributed by atoms with E-state index in [1.54, 1.807) is 19.3 Å². The van der Waals surface area contributed by atoms with E-state index < -0.39 is 4.92 Å². The molecule has 0 saturated heterocycles. The highest BCUT2D eigenvalue weighted by molar-refractivity contribution is 5.94. The molecule has 0 fully saturated rings. The second-order valence-corrected chi connectivity index (χ2v) is 4.63. The molecular weight excluding hydrogens is 270 g/mol. The molecule has 0 aliphatic carbocycles. The van der Waals surface area contributed by atoms with Crippen LogP contribution >= 0.6 is 0 Å². The van der Waals surface area contributed by atoms with Crippen molar-refractivity contribution in [2.24, 2.45) is 0 Å². The fourth-order valence-electron chi connectivity index (χ4n) is 1.97. The van der Waals surface area contributed by atoms with Gasteiger partial charge in [0.05, 0.1) is 4.92 Å². The van der Waals surface area contributed by atoms with Crippen LogP contribution in [0.2, 0.25) is 0 Å². The van der Waals surface area contributed by atoms with Gasteiger partial charge in [-0.2, -0.15) is 0 Å². The molecule has 0 saturated carbocycles. The summed E-state index contributed by atoms with van der Waals surface area (Å²) in [6.07, 6.45) is 4.13. The van der Waals surface area contributed by atoms with E-state index in [2.05, 4.69) is 10.3 Å². The molecule has 0 atom stereocenters.